The van der Waals surface area contributed by atoms with Crippen LogP contribution in [0.3, 0.4) is 0 Å². The van der Waals surface area contributed by atoms with Crippen LogP contribution in [0, 0.1) is 0 Å². The molecule has 0 aliphatic heterocycles. The van der Waals surface area contributed by atoms with Crippen molar-refractivity contribution in [2.75, 3.05) is 19.0 Å². The first-order valence-corrected chi connectivity index (χ1v) is 10.2. The molecule has 142 valence electrons. The molecule has 0 spiro atoms. The van der Waals surface area contributed by atoms with Gasteiger partial charge >= 0.3 is 0 Å². The van der Waals surface area contributed by atoms with Crippen molar-refractivity contribution in [2.45, 2.75) is 32.7 Å². The summed E-state index contributed by atoms with van der Waals surface area (Å²) in [5, 5.41) is 6.11. The normalized spacial score (nSPS) is 11.1. The SMILES string of the molecule is CCCCCN(C)Nc1ccc(CNC(=O)c2cc3cnccc3s2)cc1. The second kappa shape index (κ2) is 9.48. The summed E-state index contributed by atoms with van der Waals surface area (Å²) in [7, 11) is 2.06. The Kier molecular flexibility index (Phi) is 6.79. The highest BCUT2D eigenvalue weighted by Gasteiger charge is 2.10. The van der Waals surface area contributed by atoms with Crippen LogP contribution in [0.25, 0.3) is 10.1 Å². The number of carbonyl (C=O) groups excluding carboxylic acids is 1. The number of thiophene rings is 1. The largest absolute Gasteiger partial charge is 0.347 e. The van der Waals surface area contributed by atoms with Gasteiger partial charge in [0, 0.05) is 48.3 Å². The summed E-state index contributed by atoms with van der Waals surface area (Å²) in [6.45, 7) is 3.75. The van der Waals surface area contributed by atoms with E-state index in [1.807, 2.05) is 36.4 Å². The van der Waals surface area contributed by atoms with Crippen LogP contribution in [0.4, 0.5) is 5.69 Å². The van der Waals surface area contributed by atoms with E-state index in [1.165, 1.54) is 30.6 Å². The number of hydrogen-bond donors (Lipinski definition) is 2. The van der Waals surface area contributed by atoms with Gasteiger partial charge < -0.3 is 10.7 Å². The molecule has 5 nitrogen and oxygen atoms in total. The van der Waals surface area contributed by atoms with Gasteiger partial charge in [0.25, 0.3) is 5.91 Å². The summed E-state index contributed by atoms with van der Waals surface area (Å²) >= 11 is 1.49. The van der Waals surface area contributed by atoms with Crippen molar-refractivity contribution in [1.29, 1.82) is 0 Å². The Hall–Kier alpha value is -2.44. The molecule has 0 fully saturated rings. The van der Waals surface area contributed by atoms with Crippen LogP contribution in [0.5, 0.6) is 0 Å². The Bertz CT molecular complexity index is 842. The zero-order chi connectivity index (χ0) is 19.1. The van der Waals surface area contributed by atoms with Crippen LogP contribution >= 0.6 is 11.3 Å². The molecule has 0 aliphatic carbocycles. The average molecular weight is 383 g/mol. The van der Waals surface area contributed by atoms with Crippen molar-refractivity contribution in [3.05, 3.63) is 59.2 Å². The van der Waals surface area contributed by atoms with Gasteiger partial charge in [-0.25, -0.2) is 5.01 Å². The summed E-state index contributed by atoms with van der Waals surface area (Å²) in [6, 6.07) is 12.0. The van der Waals surface area contributed by atoms with Crippen LogP contribution in [0.2, 0.25) is 0 Å². The molecule has 0 aliphatic rings. The van der Waals surface area contributed by atoms with Crippen LogP contribution < -0.4 is 10.7 Å². The number of hydrogen-bond acceptors (Lipinski definition) is 5. The summed E-state index contributed by atoms with van der Waals surface area (Å²) in [4.78, 5) is 17.2. The van der Waals surface area contributed by atoms with Crippen LogP contribution in [-0.2, 0) is 6.54 Å². The van der Waals surface area contributed by atoms with Gasteiger partial charge in [0.1, 0.15) is 0 Å². The number of nitrogens with zero attached hydrogens (tertiary/aromatic N) is 2. The minimum absolute atomic E-state index is 0.0472. The van der Waals surface area contributed by atoms with Gasteiger partial charge in [0.2, 0.25) is 0 Å². The second-order valence-electron chi connectivity index (χ2n) is 6.64. The van der Waals surface area contributed by atoms with Gasteiger partial charge in [-0.1, -0.05) is 31.9 Å². The van der Waals surface area contributed by atoms with E-state index in [0.717, 1.165) is 27.9 Å². The van der Waals surface area contributed by atoms with E-state index in [4.69, 9.17) is 0 Å². The standard InChI is InChI=1S/C21H26N4OS/c1-3-4-5-12-25(2)24-18-8-6-16(7-9-18)14-23-21(26)20-13-17-15-22-11-10-19(17)27-20/h6-11,13,15,24H,3-5,12,14H2,1-2H3,(H,23,26). The van der Waals surface area contributed by atoms with Gasteiger partial charge in [-0.15, -0.1) is 11.3 Å². The summed E-state index contributed by atoms with van der Waals surface area (Å²) in [6.07, 6.45) is 7.20. The number of anilines is 1. The number of fused-ring (bicyclic) bond motifs is 1. The maximum atomic E-state index is 12.4. The van der Waals surface area contributed by atoms with Crippen LogP contribution in [-0.4, -0.2) is 29.5 Å². The number of benzene rings is 1. The van der Waals surface area contributed by atoms with Gasteiger partial charge in [-0.3, -0.25) is 9.78 Å². The highest BCUT2D eigenvalue weighted by atomic mass is 32.1. The lowest BCUT2D eigenvalue weighted by Crippen LogP contribution is -2.26. The third kappa shape index (κ3) is 5.52. The molecule has 2 N–H and O–H groups in total. The van der Waals surface area contributed by atoms with Gasteiger partial charge in [0.05, 0.1) is 4.88 Å². The van der Waals surface area contributed by atoms with E-state index in [2.05, 4.69) is 34.7 Å². The molecule has 0 saturated carbocycles. The number of pyridine rings is 1. The molecule has 3 aromatic rings. The fourth-order valence-electron chi connectivity index (χ4n) is 2.84. The zero-order valence-corrected chi connectivity index (χ0v) is 16.7. The molecule has 0 unspecified atom stereocenters. The highest BCUT2D eigenvalue weighted by molar-refractivity contribution is 7.20. The Morgan fingerprint density at radius 1 is 1.19 bits per heavy atom. The predicted octanol–water partition coefficient (Wildman–Crippen LogP) is 4.68. The molecule has 0 radical (unpaired) electrons. The summed E-state index contributed by atoms with van der Waals surface area (Å²) < 4.78 is 1.08. The molecule has 0 saturated heterocycles. The van der Waals surface area contributed by atoms with Crippen LogP contribution in [0.15, 0.2) is 48.8 Å². The minimum Gasteiger partial charge on any atom is -0.347 e. The number of hydrazine groups is 1. The van der Waals surface area contributed by atoms with Crippen LogP contribution in [0.1, 0.15) is 41.4 Å². The Balaban J connectivity index is 1.50. The van der Waals surface area contributed by atoms with Crippen molar-refractivity contribution in [1.82, 2.24) is 15.3 Å². The lowest BCUT2D eigenvalue weighted by atomic mass is 10.2. The van der Waals surface area contributed by atoms with Gasteiger partial charge in [-0.05, 0) is 36.2 Å². The quantitative estimate of drug-likeness (QED) is 0.417. The van der Waals surface area contributed by atoms with Crippen molar-refractivity contribution in [2.24, 2.45) is 0 Å². The summed E-state index contributed by atoms with van der Waals surface area (Å²) in [5.41, 5.74) is 5.51. The molecular weight excluding hydrogens is 356 g/mol. The molecule has 6 heteroatoms. The monoisotopic (exact) mass is 382 g/mol. The Labute approximate surface area is 164 Å². The maximum absolute atomic E-state index is 12.4. The van der Waals surface area contributed by atoms with E-state index in [0.29, 0.717) is 11.4 Å². The molecule has 0 atom stereocenters. The zero-order valence-electron chi connectivity index (χ0n) is 15.9. The lowest BCUT2D eigenvalue weighted by molar-refractivity contribution is 0.0955. The second-order valence-corrected chi connectivity index (χ2v) is 7.73. The molecule has 2 heterocycles. The van der Waals surface area contributed by atoms with Crippen molar-refractivity contribution in [3.8, 4) is 0 Å². The van der Waals surface area contributed by atoms with E-state index in [9.17, 15) is 4.79 Å². The van der Waals surface area contributed by atoms with E-state index >= 15 is 0 Å². The molecule has 1 aromatic carbocycles. The topological polar surface area (TPSA) is 57.3 Å². The number of aromatic nitrogens is 1. The highest BCUT2D eigenvalue weighted by Crippen LogP contribution is 2.24. The van der Waals surface area contributed by atoms with Crippen molar-refractivity contribution < 1.29 is 4.79 Å². The van der Waals surface area contributed by atoms with E-state index < -0.39 is 0 Å². The molecular formula is C21H26N4OS. The molecule has 2 aromatic heterocycles. The van der Waals surface area contributed by atoms with Crippen molar-refractivity contribution in [3.63, 3.8) is 0 Å². The lowest BCUT2D eigenvalue weighted by Gasteiger charge is -2.19. The fourth-order valence-corrected chi connectivity index (χ4v) is 3.78. The fraction of sp³-hybridized carbons (Fsp3) is 0.333. The molecule has 3 rings (SSSR count). The van der Waals surface area contributed by atoms with Gasteiger partial charge in [0.15, 0.2) is 0 Å². The number of rotatable bonds is 9. The number of amides is 1. The Morgan fingerprint density at radius 3 is 2.74 bits per heavy atom. The number of carbonyl (C=O) groups is 1. The smallest absolute Gasteiger partial charge is 0.261 e. The molecule has 27 heavy (non-hydrogen) atoms. The first-order valence-electron chi connectivity index (χ1n) is 9.34. The minimum atomic E-state index is -0.0472. The van der Waals surface area contributed by atoms with Gasteiger partial charge in [-0.2, -0.15) is 0 Å². The first kappa shape index (κ1) is 19.3. The molecule has 0 bridgehead atoms. The third-order valence-electron chi connectivity index (χ3n) is 4.36. The summed E-state index contributed by atoms with van der Waals surface area (Å²) in [5.74, 6) is -0.0472. The third-order valence-corrected chi connectivity index (χ3v) is 5.48. The first-order chi connectivity index (χ1) is 13.2. The number of nitrogens with one attached hydrogen (secondary N) is 2. The van der Waals surface area contributed by atoms with Crippen molar-refractivity contribution >= 4 is 33.0 Å². The maximum Gasteiger partial charge on any atom is 0.261 e. The van der Waals surface area contributed by atoms with E-state index in [-0.39, 0.29) is 5.91 Å². The average Bonchev–Trinajstić information content (AvgIpc) is 3.12. The Morgan fingerprint density at radius 2 is 2.00 bits per heavy atom. The molecule has 1 amide bonds. The predicted molar refractivity (Wildman–Crippen MR) is 113 cm³/mol. The van der Waals surface area contributed by atoms with E-state index in [1.54, 1.807) is 12.4 Å². The number of unbranched alkanes of at least 4 members (excludes halogenated alkanes) is 2.